The number of halogens is 2. The number of nitrogens with one attached hydrogen (secondary N) is 1. The van der Waals surface area contributed by atoms with Gasteiger partial charge in [0.2, 0.25) is 5.91 Å². The predicted octanol–water partition coefficient (Wildman–Crippen LogP) is 2.14. The van der Waals surface area contributed by atoms with Crippen LogP contribution in [0.5, 0.6) is 0 Å². The highest BCUT2D eigenvalue weighted by Gasteiger charge is 2.40. The molecule has 0 spiro atoms. The first-order valence-corrected chi connectivity index (χ1v) is 8.66. The Labute approximate surface area is 142 Å². The van der Waals surface area contributed by atoms with Gasteiger partial charge in [0.05, 0.1) is 11.3 Å². The molecule has 0 saturated carbocycles. The Hall–Kier alpha value is -2.81. The summed E-state index contributed by atoms with van der Waals surface area (Å²) in [5, 5.41) is 2.15. The number of rotatable bonds is 4. The van der Waals surface area contributed by atoms with Crippen molar-refractivity contribution in [1.29, 1.82) is 0 Å². The van der Waals surface area contributed by atoms with Crippen LogP contribution in [0.2, 0.25) is 0 Å². The Balaban J connectivity index is 1.71. The van der Waals surface area contributed by atoms with Crippen LogP contribution in [-0.2, 0) is 14.8 Å². The lowest BCUT2D eigenvalue weighted by Crippen LogP contribution is -2.33. The van der Waals surface area contributed by atoms with Crippen molar-refractivity contribution in [3.63, 3.8) is 0 Å². The number of carbonyl (C=O) groups excluding carboxylic acids is 2. The first-order valence-electron chi connectivity index (χ1n) is 7.22. The highest BCUT2D eigenvalue weighted by Crippen LogP contribution is 2.29. The fourth-order valence-electron chi connectivity index (χ4n) is 2.46. The third-order valence-electron chi connectivity index (χ3n) is 3.66. The van der Waals surface area contributed by atoms with Gasteiger partial charge < -0.3 is 5.32 Å². The standard InChI is InChI=1S/C16H12F2N2O4S/c17-10-5-6-12(18)13(9-10)19-15(21)7-8-20-16(22)11-3-1-2-4-14(11)25(20,23)24/h1-6,9H,7-8H2,(H,19,21). The molecular formula is C16H12F2N2O4S. The number of anilines is 1. The summed E-state index contributed by atoms with van der Waals surface area (Å²) >= 11 is 0. The molecule has 0 saturated heterocycles. The van der Waals surface area contributed by atoms with Gasteiger partial charge in [0.25, 0.3) is 15.9 Å². The second kappa shape index (κ2) is 6.25. The molecule has 0 aliphatic carbocycles. The van der Waals surface area contributed by atoms with Crippen molar-refractivity contribution < 1.29 is 26.8 Å². The molecule has 2 aromatic carbocycles. The molecule has 130 valence electrons. The SMILES string of the molecule is O=C(CCN1C(=O)c2ccccc2S1(=O)=O)Nc1cc(F)ccc1F. The van der Waals surface area contributed by atoms with Gasteiger partial charge in [-0.3, -0.25) is 9.59 Å². The van der Waals surface area contributed by atoms with Crippen molar-refractivity contribution in [2.75, 3.05) is 11.9 Å². The molecule has 0 bridgehead atoms. The van der Waals surface area contributed by atoms with Crippen molar-refractivity contribution in [1.82, 2.24) is 4.31 Å². The minimum atomic E-state index is -4.01. The molecule has 0 atom stereocenters. The number of carbonyl (C=O) groups is 2. The van der Waals surface area contributed by atoms with E-state index in [9.17, 15) is 26.8 Å². The first-order chi connectivity index (χ1) is 11.8. The van der Waals surface area contributed by atoms with E-state index in [1.807, 2.05) is 0 Å². The minimum Gasteiger partial charge on any atom is -0.323 e. The van der Waals surface area contributed by atoms with Gasteiger partial charge in [0.1, 0.15) is 16.5 Å². The molecule has 0 fully saturated rings. The van der Waals surface area contributed by atoms with E-state index in [1.54, 1.807) is 0 Å². The zero-order valence-corrected chi connectivity index (χ0v) is 13.5. The Bertz CT molecular complexity index is 976. The van der Waals surface area contributed by atoms with E-state index in [1.165, 1.54) is 24.3 Å². The maximum atomic E-state index is 13.5. The van der Waals surface area contributed by atoms with Crippen LogP contribution in [0.15, 0.2) is 47.4 Å². The summed E-state index contributed by atoms with van der Waals surface area (Å²) in [5.74, 6) is -3.03. The van der Waals surface area contributed by atoms with Crippen LogP contribution in [0.1, 0.15) is 16.8 Å². The molecule has 0 radical (unpaired) electrons. The van der Waals surface area contributed by atoms with E-state index in [2.05, 4.69) is 5.32 Å². The summed E-state index contributed by atoms with van der Waals surface area (Å²) in [6, 6.07) is 8.29. The summed E-state index contributed by atoms with van der Waals surface area (Å²) in [6.45, 7) is -0.404. The Morgan fingerprint density at radius 3 is 2.56 bits per heavy atom. The zero-order valence-electron chi connectivity index (χ0n) is 12.7. The molecule has 1 heterocycles. The van der Waals surface area contributed by atoms with Crippen molar-refractivity contribution in [3.8, 4) is 0 Å². The number of hydrogen-bond acceptors (Lipinski definition) is 4. The number of hydrogen-bond donors (Lipinski definition) is 1. The molecule has 2 aromatic rings. The van der Waals surface area contributed by atoms with Gasteiger partial charge in [0.15, 0.2) is 0 Å². The molecule has 1 aliphatic heterocycles. The average molecular weight is 366 g/mol. The lowest BCUT2D eigenvalue weighted by molar-refractivity contribution is -0.116. The topological polar surface area (TPSA) is 83.6 Å². The van der Waals surface area contributed by atoms with Crippen LogP contribution in [0.25, 0.3) is 0 Å². The largest absolute Gasteiger partial charge is 0.323 e. The first kappa shape index (κ1) is 17.0. The van der Waals surface area contributed by atoms with E-state index in [4.69, 9.17) is 0 Å². The Morgan fingerprint density at radius 1 is 1.12 bits per heavy atom. The van der Waals surface area contributed by atoms with Gasteiger partial charge in [-0.05, 0) is 24.3 Å². The number of fused-ring (bicyclic) bond motifs is 1. The van der Waals surface area contributed by atoms with Gasteiger partial charge in [-0.25, -0.2) is 21.5 Å². The second-order valence-corrected chi connectivity index (χ2v) is 7.13. The normalized spacial score (nSPS) is 15.1. The van der Waals surface area contributed by atoms with Crippen LogP contribution in [0.3, 0.4) is 0 Å². The van der Waals surface area contributed by atoms with Crippen molar-refractivity contribution in [2.24, 2.45) is 0 Å². The monoisotopic (exact) mass is 366 g/mol. The maximum Gasteiger partial charge on any atom is 0.269 e. The smallest absolute Gasteiger partial charge is 0.269 e. The predicted molar refractivity (Wildman–Crippen MR) is 84.3 cm³/mol. The van der Waals surface area contributed by atoms with Crippen LogP contribution in [0.4, 0.5) is 14.5 Å². The third-order valence-corrected chi connectivity index (χ3v) is 5.50. The summed E-state index contributed by atoms with van der Waals surface area (Å²) in [6.07, 6.45) is -0.394. The fourth-order valence-corrected chi connectivity index (χ4v) is 4.03. The number of benzene rings is 2. The van der Waals surface area contributed by atoms with Crippen LogP contribution < -0.4 is 5.32 Å². The minimum absolute atomic E-state index is 0.0408. The lowest BCUT2D eigenvalue weighted by Gasteiger charge is -2.15. The second-order valence-electron chi connectivity index (χ2n) is 5.30. The molecule has 0 aromatic heterocycles. The van der Waals surface area contributed by atoms with Gasteiger partial charge in [-0.15, -0.1) is 0 Å². The molecule has 1 aliphatic rings. The number of sulfonamides is 1. The molecule has 2 amide bonds. The van der Waals surface area contributed by atoms with Crippen LogP contribution in [-0.4, -0.2) is 31.1 Å². The molecule has 1 N–H and O–H groups in total. The summed E-state index contributed by atoms with van der Waals surface area (Å²) in [7, 11) is -4.01. The summed E-state index contributed by atoms with van der Waals surface area (Å²) in [4.78, 5) is 24.0. The van der Waals surface area contributed by atoms with Crippen molar-refractivity contribution in [2.45, 2.75) is 11.3 Å². The van der Waals surface area contributed by atoms with Crippen molar-refractivity contribution >= 4 is 27.5 Å². The number of nitrogens with zero attached hydrogens (tertiary/aromatic N) is 1. The molecule has 25 heavy (non-hydrogen) atoms. The van der Waals surface area contributed by atoms with Gasteiger partial charge in [0, 0.05) is 19.0 Å². The van der Waals surface area contributed by atoms with Crippen molar-refractivity contribution in [3.05, 3.63) is 59.7 Å². The molecule has 9 heteroatoms. The summed E-state index contributed by atoms with van der Waals surface area (Å²) < 4.78 is 51.8. The molecular weight excluding hydrogens is 354 g/mol. The Morgan fingerprint density at radius 2 is 1.84 bits per heavy atom. The van der Waals surface area contributed by atoms with E-state index in [-0.39, 0.29) is 16.1 Å². The van der Waals surface area contributed by atoms with E-state index in [0.29, 0.717) is 4.31 Å². The van der Waals surface area contributed by atoms with Crippen LogP contribution >= 0.6 is 0 Å². The van der Waals surface area contributed by atoms with Gasteiger partial charge in [-0.2, -0.15) is 0 Å². The van der Waals surface area contributed by atoms with E-state index >= 15 is 0 Å². The highest BCUT2D eigenvalue weighted by molar-refractivity contribution is 7.90. The molecule has 6 nitrogen and oxygen atoms in total. The molecule has 3 rings (SSSR count). The van der Waals surface area contributed by atoms with E-state index < -0.39 is 46.4 Å². The number of amides is 2. The fraction of sp³-hybridized carbons (Fsp3) is 0.125. The van der Waals surface area contributed by atoms with Crippen LogP contribution in [0, 0.1) is 11.6 Å². The Kier molecular flexibility index (Phi) is 4.25. The van der Waals surface area contributed by atoms with Gasteiger partial charge in [-0.1, -0.05) is 12.1 Å². The lowest BCUT2D eigenvalue weighted by atomic mass is 10.2. The molecule has 0 unspecified atom stereocenters. The average Bonchev–Trinajstić information content (AvgIpc) is 2.76. The van der Waals surface area contributed by atoms with E-state index in [0.717, 1.165) is 18.2 Å². The zero-order chi connectivity index (χ0) is 18.2. The highest BCUT2D eigenvalue weighted by atomic mass is 32.2. The van der Waals surface area contributed by atoms with Gasteiger partial charge >= 0.3 is 0 Å². The third kappa shape index (κ3) is 3.10. The summed E-state index contributed by atoms with van der Waals surface area (Å²) in [5.41, 5.74) is -0.317. The maximum absolute atomic E-state index is 13.5. The quantitative estimate of drug-likeness (QED) is 0.899.